The van der Waals surface area contributed by atoms with Gasteiger partial charge in [-0.15, -0.1) is 0 Å². The number of amides is 1. The lowest BCUT2D eigenvalue weighted by Gasteiger charge is -2.21. The second-order valence-corrected chi connectivity index (χ2v) is 4.28. The fourth-order valence-corrected chi connectivity index (χ4v) is 1.88. The van der Waals surface area contributed by atoms with Gasteiger partial charge in [0.25, 0.3) is 5.91 Å². The van der Waals surface area contributed by atoms with Gasteiger partial charge in [-0.05, 0) is 24.3 Å². The van der Waals surface area contributed by atoms with Gasteiger partial charge in [0.1, 0.15) is 5.82 Å². The van der Waals surface area contributed by atoms with E-state index < -0.39 is 0 Å². The summed E-state index contributed by atoms with van der Waals surface area (Å²) >= 11 is 0. The van der Waals surface area contributed by atoms with Gasteiger partial charge in [0, 0.05) is 18.4 Å². The lowest BCUT2D eigenvalue weighted by molar-refractivity contribution is 0.0987. The van der Waals surface area contributed by atoms with E-state index in [2.05, 4.69) is 16.5 Å². The van der Waals surface area contributed by atoms with Crippen molar-refractivity contribution in [1.82, 2.24) is 4.98 Å². The first-order valence-electron chi connectivity index (χ1n) is 6.43. The standard InChI is InChI=1S/C15H15N5O/c16-9-4-10-20(13-5-2-1-3-6-13)15(21)12-7-8-14(19-17)18-11-12/h1-3,5-8,11H,4,10,17H2,(H,18,19). The van der Waals surface area contributed by atoms with Crippen LogP contribution < -0.4 is 16.2 Å². The number of para-hydroxylation sites is 1. The molecule has 6 heteroatoms. The quantitative estimate of drug-likeness (QED) is 0.645. The molecule has 0 aliphatic rings. The Morgan fingerprint density at radius 3 is 2.62 bits per heavy atom. The topological polar surface area (TPSA) is 95.0 Å². The summed E-state index contributed by atoms with van der Waals surface area (Å²) in [6.07, 6.45) is 1.72. The predicted octanol–water partition coefficient (Wildman–Crippen LogP) is 1.93. The minimum Gasteiger partial charge on any atom is -0.308 e. The Balaban J connectivity index is 2.27. The van der Waals surface area contributed by atoms with Crippen LogP contribution in [0.15, 0.2) is 48.7 Å². The van der Waals surface area contributed by atoms with Gasteiger partial charge in [-0.3, -0.25) is 4.79 Å². The number of pyridine rings is 1. The molecule has 0 unspecified atom stereocenters. The third-order valence-electron chi connectivity index (χ3n) is 2.92. The summed E-state index contributed by atoms with van der Waals surface area (Å²) in [4.78, 5) is 18.2. The minimum absolute atomic E-state index is 0.201. The molecule has 0 saturated carbocycles. The Morgan fingerprint density at radius 1 is 1.29 bits per heavy atom. The van der Waals surface area contributed by atoms with Crippen LogP contribution in [-0.2, 0) is 0 Å². The number of benzene rings is 1. The molecular formula is C15H15N5O. The monoisotopic (exact) mass is 281 g/mol. The number of hydrazine groups is 1. The number of aromatic nitrogens is 1. The Labute approximate surface area is 122 Å². The number of nitrogens with one attached hydrogen (secondary N) is 1. The SMILES string of the molecule is N#CCCN(C(=O)c1ccc(NN)nc1)c1ccccc1. The van der Waals surface area contributed by atoms with E-state index in [-0.39, 0.29) is 12.3 Å². The van der Waals surface area contributed by atoms with E-state index >= 15 is 0 Å². The zero-order chi connectivity index (χ0) is 15.1. The molecule has 3 N–H and O–H groups in total. The Morgan fingerprint density at radius 2 is 2.05 bits per heavy atom. The highest BCUT2D eigenvalue weighted by atomic mass is 16.2. The molecule has 1 aromatic carbocycles. The van der Waals surface area contributed by atoms with E-state index in [1.165, 1.54) is 6.20 Å². The van der Waals surface area contributed by atoms with Crippen LogP contribution in [0.2, 0.25) is 0 Å². The van der Waals surface area contributed by atoms with Crippen LogP contribution in [0.4, 0.5) is 11.5 Å². The molecule has 0 radical (unpaired) electrons. The van der Waals surface area contributed by atoms with Crippen molar-refractivity contribution >= 4 is 17.4 Å². The summed E-state index contributed by atoms with van der Waals surface area (Å²) in [7, 11) is 0. The van der Waals surface area contributed by atoms with Crippen LogP contribution in [0.3, 0.4) is 0 Å². The second-order valence-electron chi connectivity index (χ2n) is 4.28. The summed E-state index contributed by atoms with van der Waals surface area (Å²) in [6.45, 7) is 0.330. The third kappa shape index (κ3) is 3.55. The number of hydrogen-bond acceptors (Lipinski definition) is 5. The summed E-state index contributed by atoms with van der Waals surface area (Å²) in [5.41, 5.74) is 3.60. The molecule has 1 heterocycles. The first-order chi connectivity index (χ1) is 10.3. The number of hydrogen-bond donors (Lipinski definition) is 2. The first kappa shape index (κ1) is 14.5. The molecule has 0 atom stereocenters. The van der Waals surface area contributed by atoms with Crippen LogP contribution in [0.25, 0.3) is 0 Å². The van der Waals surface area contributed by atoms with Crippen molar-refractivity contribution in [3.63, 3.8) is 0 Å². The van der Waals surface area contributed by atoms with E-state index in [0.29, 0.717) is 17.9 Å². The molecule has 0 saturated heterocycles. The van der Waals surface area contributed by atoms with Crippen LogP contribution in [0.5, 0.6) is 0 Å². The number of anilines is 2. The molecule has 0 aliphatic carbocycles. The largest absolute Gasteiger partial charge is 0.308 e. The van der Waals surface area contributed by atoms with Crippen LogP contribution in [0, 0.1) is 11.3 Å². The molecule has 0 spiro atoms. The number of nitriles is 1. The highest BCUT2D eigenvalue weighted by Crippen LogP contribution is 2.17. The molecule has 2 rings (SSSR count). The van der Waals surface area contributed by atoms with E-state index in [9.17, 15) is 4.79 Å². The number of nitrogen functional groups attached to an aromatic ring is 1. The van der Waals surface area contributed by atoms with Crippen molar-refractivity contribution < 1.29 is 4.79 Å². The van der Waals surface area contributed by atoms with Crippen LogP contribution >= 0.6 is 0 Å². The minimum atomic E-state index is -0.201. The maximum Gasteiger partial charge on any atom is 0.259 e. The van der Waals surface area contributed by atoms with Crippen molar-refractivity contribution in [1.29, 1.82) is 5.26 Å². The summed E-state index contributed by atoms with van der Waals surface area (Å²) in [6, 6.07) is 14.6. The average molecular weight is 281 g/mol. The molecule has 21 heavy (non-hydrogen) atoms. The highest BCUT2D eigenvalue weighted by Gasteiger charge is 2.17. The predicted molar refractivity (Wildman–Crippen MR) is 80.4 cm³/mol. The van der Waals surface area contributed by atoms with Crippen LogP contribution in [-0.4, -0.2) is 17.4 Å². The third-order valence-corrected chi connectivity index (χ3v) is 2.92. The molecule has 0 bridgehead atoms. The molecular weight excluding hydrogens is 266 g/mol. The Hall–Kier alpha value is -2.91. The van der Waals surface area contributed by atoms with Gasteiger partial charge >= 0.3 is 0 Å². The maximum atomic E-state index is 12.6. The number of nitrogens with two attached hydrogens (primary N) is 1. The summed E-state index contributed by atoms with van der Waals surface area (Å²) in [5.74, 6) is 5.53. The molecule has 0 aliphatic heterocycles. The summed E-state index contributed by atoms with van der Waals surface area (Å²) in [5, 5.41) is 8.76. The van der Waals surface area contributed by atoms with E-state index in [4.69, 9.17) is 11.1 Å². The lowest BCUT2D eigenvalue weighted by Crippen LogP contribution is -2.31. The number of carbonyl (C=O) groups excluding carboxylic acids is 1. The number of nitrogens with zero attached hydrogens (tertiary/aromatic N) is 3. The van der Waals surface area contributed by atoms with Gasteiger partial charge in [0.05, 0.1) is 18.1 Å². The van der Waals surface area contributed by atoms with Gasteiger partial charge in [0.15, 0.2) is 0 Å². The fraction of sp³-hybridized carbons (Fsp3) is 0.133. The summed E-state index contributed by atoms with van der Waals surface area (Å²) < 4.78 is 0. The number of rotatable bonds is 5. The first-order valence-corrected chi connectivity index (χ1v) is 6.43. The fourth-order valence-electron chi connectivity index (χ4n) is 1.88. The smallest absolute Gasteiger partial charge is 0.259 e. The van der Waals surface area contributed by atoms with E-state index in [0.717, 1.165) is 5.69 Å². The zero-order valence-corrected chi connectivity index (χ0v) is 11.4. The Bertz CT molecular complexity index is 633. The van der Waals surface area contributed by atoms with E-state index in [1.807, 2.05) is 30.3 Å². The normalized spacial score (nSPS) is 9.71. The zero-order valence-electron chi connectivity index (χ0n) is 11.4. The second kappa shape index (κ2) is 7.03. The van der Waals surface area contributed by atoms with Gasteiger partial charge < -0.3 is 10.3 Å². The number of carbonyl (C=O) groups is 1. The van der Waals surface area contributed by atoms with E-state index in [1.54, 1.807) is 17.0 Å². The van der Waals surface area contributed by atoms with Crippen molar-refractivity contribution in [2.75, 3.05) is 16.9 Å². The molecule has 1 aromatic heterocycles. The van der Waals surface area contributed by atoms with Crippen LogP contribution in [0.1, 0.15) is 16.8 Å². The highest BCUT2D eigenvalue weighted by molar-refractivity contribution is 6.06. The average Bonchev–Trinajstić information content (AvgIpc) is 2.56. The molecule has 106 valence electrons. The molecule has 1 amide bonds. The van der Waals surface area contributed by atoms with Gasteiger partial charge in [0.2, 0.25) is 0 Å². The molecule has 0 fully saturated rings. The van der Waals surface area contributed by atoms with Crippen molar-refractivity contribution in [2.45, 2.75) is 6.42 Å². The molecule has 6 nitrogen and oxygen atoms in total. The van der Waals surface area contributed by atoms with Crippen molar-refractivity contribution in [2.24, 2.45) is 5.84 Å². The van der Waals surface area contributed by atoms with Crippen molar-refractivity contribution in [3.8, 4) is 6.07 Å². The van der Waals surface area contributed by atoms with Gasteiger partial charge in [-0.25, -0.2) is 10.8 Å². The van der Waals surface area contributed by atoms with Gasteiger partial charge in [-0.1, -0.05) is 18.2 Å². The van der Waals surface area contributed by atoms with Gasteiger partial charge in [-0.2, -0.15) is 5.26 Å². The Kier molecular flexibility index (Phi) is 4.85. The maximum absolute atomic E-state index is 12.6. The lowest BCUT2D eigenvalue weighted by atomic mass is 10.2. The molecule has 2 aromatic rings. The van der Waals surface area contributed by atoms with Crippen molar-refractivity contribution in [3.05, 3.63) is 54.2 Å².